The number of thioether (sulfide) groups is 1. The van der Waals surface area contributed by atoms with Crippen molar-refractivity contribution in [1.29, 1.82) is 0 Å². The molecule has 0 aliphatic carbocycles. The van der Waals surface area contributed by atoms with Gasteiger partial charge in [-0.1, -0.05) is 0 Å². The highest BCUT2D eigenvalue weighted by atomic mass is 32.2. The van der Waals surface area contributed by atoms with E-state index in [2.05, 4.69) is 5.32 Å². The fourth-order valence-electron chi connectivity index (χ4n) is 2.21. The summed E-state index contributed by atoms with van der Waals surface area (Å²) < 4.78 is 15.4. The Morgan fingerprint density at radius 1 is 0.885 bits per heavy atom. The van der Waals surface area contributed by atoms with Crippen LogP contribution in [0.2, 0.25) is 0 Å². The van der Waals surface area contributed by atoms with Crippen molar-refractivity contribution in [3.8, 4) is 17.2 Å². The van der Waals surface area contributed by atoms with E-state index in [0.29, 0.717) is 22.7 Å². The first kappa shape index (κ1) is 19.7. The van der Waals surface area contributed by atoms with Gasteiger partial charge in [0.25, 0.3) is 0 Å². The van der Waals surface area contributed by atoms with E-state index in [-0.39, 0.29) is 23.2 Å². The van der Waals surface area contributed by atoms with Crippen molar-refractivity contribution in [2.75, 3.05) is 38.2 Å². The third-order valence-electron chi connectivity index (χ3n) is 3.55. The molecule has 0 bridgehead atoms. The summed E-state index contributed by atoms with van der Waals surface area (Å²) in [6, 6.07) is 12.1. The third kappa shape index (κ3) is 5.42. The number of benzene rings is 2. The number of amides is 1. The molecular weight excluding hydrogens is 354 g/mol. The van der Waals surface area contributed by atoms with Crippen LogP contribution in [0.1, 0.15) is 10.4 Å². The lowest BCUT2D eigenvalue weighted by molar-refractivity contribution is -0.113. The first-order valence-corrected chi connectivity index (χ1v) is 8.99. The van der Waals surface area contributed by atoms with Crippen molar-refractivity contribution < 1.29 is 23.8 Å². The fraction of sp³-hybridized carbons (Fsp3) is 0.263. The topological polar surface area (TPSA) is 73.9 Å². The zero-order valence-corrected chi connectivity index (χ0v) is 15.7. The standard InChI is InChI=1S/C19H21NO5S/c1-23-14-6-4-13(5-7-14)20-19(22)12-26-11-17(21)16-9-8-15(24-2)10-18(16)25-3/h4-10H,11-12H2,1-3H3,(H,20,22). The zero-order valence-electron chi connectivity index (χ0n) is 14.9. The van der Waals surface area contributed by atoms with Gasteiger partial charge in [0, 0.05) is 11.8 Å². The molecule has 2 aromatic rings. The van der Waals surface area contributed by atoms with E-state index in [1.807, 2.05) is 0 Å². The predicted molar refractivity (Wildman–Crippen MR) is 103 cm³/mol. The molecular formula is C19H21NO5S. The lowest BCUT2D eigenvalue weighted by Crippen LogP contribution is -2.15. The van der Waals surface area contributed by atoms with E-state index in [0.717, 1.165) is 5.75 Å². The number of Topliss-reactive ketones (excluding diaryl/α,β-unsaturated/α-hetero) is 1. The van der Waals surface area contributed by atoms with Crippen LogP contribution < -0.4 is 19.5 Å². The summed E-state index contributed by atoms with van der Waals surface area (Å²) >= 11 is 1.25. The largest absolute Gasteiger partial charge is 0.497 e. The van der Waals surface area contributed by atoms with Gasteiger partial charge in [-0.3, -0.25) is 9.59 Å². The highest BCUT2D eigenvalue weighted by Gasteiger charge is 2.14. The Kier molecular flexibility index (Phi) is 7.35. The van der Waals surface area contributed by atoms with Crippen molar-refractivity contribution in [3.05, 3.63) is 48.0 Å². The molecule has 2 rings (SSSR count). The van der Waals surface area contributed by atoms with Crippen molar-refractivity contribution in [1.82, 2.24) is 0 Å². The zero-order chi connectivity index (χ0) is 18.9. The van der Waals surface area contributed by atoms with E-state index in [1.54, 1.807) is 56.7 Å². The van der Waals surface area contributed by atoms with Crippen LogP contribution in [0.15, 0.2) is 42.5 Å². The number of nitrogens with one attached hydrogen (secondary N) is 1. The Balaban J connectivity index is 1.84. The third-order valence-corrected chi connectivity index (χ3v) is 4.48. The van der Waals surface area contributed by atoms with E-state index >= 15 is 0 Å². The van der Waals surface area contributed by atoms with Gasteiger partial charge in [0.05, 0.1) is 38.4 Å². The molecule has 1 N–H and O–H groups in total. The minimum atomic E-state index is -0.172. The Morgan fingerprint density at radius 2 is 1.54 bits per heavy atom. The highest BCUT2D eigenvalue weighted by Crippen LogP contribution is 2.25. The maximum absolute atomic E-state index is 12.3. The number of carbonyl (C=O) groups is 2. The molecule has 0 radical (unpaired) electrons. The molecule has 0 spiro atoms. The van der Waals surface area contributed by atoms with Gasteiger partial charge in [0.2, 0.25) is 5.91 Å². The van der Waals surface area contributed by atoms with E-state index in [4.69, 9.17) is 14.2 Å². The van der Waals surface area contributed by atoms with Gasteiger partial charge < -0.3 is 19.5 Å². The number of rotatable bonds is 9. The summed E-state index contributed by atoms with van der Waals surface area (Å²) in [5.41, 5.74) is 1.15. The fourth-order valence-corrected chi connectivity index (χ4v) is 2.92. The molecule has 138 valence electrons. The quantitative estimate of drug-likeness (QED) is 0.678. The van der Waals surface area contributed by atoms with Crippen LogP contribution >= 0.6 is 11.8 Å². The Hall–Kier alpha value is -2.67. The number of hydrogen-bond acceptors (Lipinski definition) is 6. The normalized spacial score (nSPS) is 10.1. The van der Waals surface area contributed by atoms with E-state index in [1.165, 1.54) is 18.9 Å². The molecule has 0 saturated heterocycles. The van der Waals surface area contributed by atoms with Crippen LogP contribution in [-0.2, 0) is 4.79 Å². The number of ketones is 1. The summed E-state index contributed by atoms with van der Waals surface area (Å²) in [7, 11) is 4.63. The van der Waals surface area contributed by atoms with Crippen molar-refractivity contribution in [3.63, 3.8) is 0 Å². The number of ether oxygens (including phenoxy) is 3. The minimum Gasteiger partial charge on any atom is -0.497 e. The van der Waals surface area contributed by atoms with Crippen molar-refractivity contribution in [2.45, 2.75) is 0 Å². The smallest absolute Gasteiger partial charge is 0.234 e. The van der Waals surface area contributed by atoms with Gasteiger partial charge in [-0.15, -0.1) is 11.8 Å². The van der Waals surface area contributed by atoms with E-state index < -0.39 is 0 Å². The summed E-state index contributed by atoms with van der Waals surface area (Å²) in [4.78, 5) is 24.3. The average Bonchev–Trinajstić information content (AvgIpc) is 2.67. The van der Waals surface area contributed by atoms with Crippen LogP contribution in [0.3, 0.4) is 0 Å². The predicted octanol–water partition coefficient (Wildman–Crippen LogP) is 3.27. The molecule has 0 aliphatic heterocycles. The molecule has 6 nitrogen and oxygen atoms in total. The van der Waals surface area contributed by atoms with E-state index in [9.17, 15) is 9.59 Å². The number of carbonyl (C=O) groups excluding carboxylic acids is 2. The van der Waals surface area contributed by atoms with Gasteiger partial charge in [0.15, 0.2) is 5.78 Å². The van der Waals surface area contributed by atoms with Crippen LogP contribution in [0.5, 0.6) is 17.2 Å². The first-order valence-electron chi connectivity index (χ1n) is 7.84. The monoisotopic (exact) mass is 375 g/mol. The number of anilines is 1. The van der Waals surface area contributed by atoms with Crippen LogP contribution in [0.4, 0.5) is 5.69 Å². The molecule has 0 aromatic heterocycles. The van der Waals surface area contributed by atoms with Gasteiger partial charge in [-0.05, 0) is 36.4 Å². The molecule has 0 fully saturated rings. The molecule has 1 amide bonds. The number of hydrogen-bond donors (Lipinski definition) is 1. The van der Waals surface area contributed by atoms with Gasteiger partial charge in [-0.25, -0.2) is 0 Å². The Morgan fingerprint density at radius 3 is 2.15 bits per heavy atom. The molecule has 0 heterocycles. The Bertz CT molecular complexity index is 761. The first-order chi connectivity index (χ1) is 12.6. The average molecular weight is 375 g/mol. The summed E-state index contributed by atoms with van der Waals surface area (Å²) in [5.74, 6) is 1.87. The maximum atomic E-state index is 12.3. The molecule has 0 atom stereocenters. The second-order valence-corrected chi connectivity index (χ2v) is 6.24. The lowest BCUT2D eigenvalue weighted by Gasteiger charge is -2.09. The maximum Gasteiger partial charge on any atom is 0.234 e. The van der Waals surface area contributed by atoms with Crippen LogP contribution in [0.25, 0.3) is 0 Å². The molecule has 26 heavy (non-hydrogen) atoms. The summed E-state index contributed by atoms with van der Waals surface area (Å²) in [5, 5.41) is 2.78. The molecule has 0 unspecified atom stereocenters. The number of methoxy groups -OCH3 is 3. The van der Waals surface area contributed by atoms with Crippen molar-refractivity contribution in [2.24, 2.45) is 0 Å². The molecule has 0 saturated carbocycles. The van der Waals surface area contributed by atoms with Crippen LogP contribution in [-0.4, -0.2) is 44.5 Å². The van der Waals surface area contributed by atoms with Gasteiger partial charge in [0.1, 0.15) is 17.2 Å². The van der Waals surface area contributed by atoms with Crippen molar-refractivity contribution >= 4 is 29.1 Å². The lowest BCUT2D eigenvalue weighted by atomic mass is 10.1. The molecule has 0 aliphatic rings. The van der Waals surface area contributed by atoms with Gasteiger partial charge in [-0.2, -0.15) is 0 Å². The second-order valence-electron chi connectivity index (χ2n) is 5.26. The van der Waals surface area contributed by atoms with Gasteiger partial charge >= 0.3 is 0 Å². The second kappa shape index (κ2) is 9.72. The Labute approximate surface area is 156 Å². The SMILES string of the molecule is COc1ccc(NC(=O)CSCC(=O)c2ccc(OC)cc2OC)cc1. The molecule has 2 aromatic carbocycles. The van der Waals surface area contributed by atoms with Crippen LogP contribution in [0, 0.1) is 0 Å². The summed E-state index contributed by atoms with van der Waals surface area (Å²) in [6.07, 6.45) is 0. The minimum absolute atomic E-state index is 0.105. The molecule has 7 heteroatoms. The summed E-state index contributed by atoms with van der Waals surface area (Å²) in [6.45, 7) is 0. The highest BCUT2D eigenvalue weighted by molar-refractivity contribution is 8.00.